The van der Waals surface area contributed by atoms with Crippen LogP contribution >= 0.6 is 0 Å². The highest BCUT2D eigenvalue weighted by Gasteiger charge is 2.35. The average molecular weight is 276 g/mol. The smallest absolute Gasteiger partial charge is 0.244 e. The van der Waals surface area contributed by atoms with Crippen molar-refractivity contribution in [2.75, 3.05) is 37.9 Å². The summed E-state index contributed by atoms with van der Waals surface area (Å²) in [5, 5.41) is 0. The zero-order valence-electron chi connectivity index (χ0n) is 12.8. The number of amides is 1. The van der Waals surface area contributed by atoms with Gasteiger partial charge in [0, 0.05) is 13.6 Å². The average Bonchev–Trinajstić information content (AvgIpc) is 3.11. The van der Waals surface area contributed by atoms with Crippen LogP contribution < -0.4 is 15.4 Å². The molecule has 0 saturated carbocycles. The lowest BCUT2D eigenvalue weighted by Crippen LogP contribution is -2.43. The quantitative estimate of drug-likeness (QED) is 0.826. The van der Waals surface area contributed by atoms with Crippen molar-refractivity contribution in [1.82, 2.24) is 4.90 Å². The van der Waals surface area contributed by atoms with Crippen LogP contribution in [0.1, 0.15) is 19.8 Å². The Hall–Kier alpha value is -1.75. The van der Waals surface area contributed by atoms with Crippen LogP contribution in [-0.4, -0.2) is 44.1 Å². The summed E-state index contributed by atoms with van der Waals surface area (Å²) in [6.45, 7) is 1.52. The number of ether oxygens (including phenoxy) is 1. The second-order valence-corrected chi connectivity index (χ2v) is 5.43. The fourth-order valence-corrected chi connectivity index (χ4v) is 3.12. The van der Waals surface area contributed by atoms with Crippen LogP contribution in [0, 0.1) is 0 Å². The van der Waals surface area contributed by atoms with Crippen molar-refractivity contribution in [3.8, 4) is 5.75 Å². The second kappa shape index (κ2) is 4.98. The van der Waals surface area contributed by atoms with Gasteiger partial charge in [0.1, 0.15) is 5.75 Å². The Labute approximate surface area is 120 Å². The predicted octanol–water partition coefficient (Wildman–Crippen LogP) is 1.26. The molecule has 5 nitrogen and oxygen atoms in total. The molecule has 2 aliphatic heterocycles. The summed E-state index contributed by atoms with van der Waals surface area (Å²) in [6, 6.07) is 3.60. The summed E-state index contributed by atoms with van der Waals surface area (Å²) in [5.74, 6) is 0.764. The number of likely N-dealkylation sites (tertiary alicyclic amines) is 1. The van der Waals surface area contributed by atoms with Crippen LogP contribution in [0.15, 0.2) is 12.1 Å². The van der Waals surface area contributed by atoms with Crippen molar-refractivity contribution in [3.05, 3.63) is 17.7 Å². The zero-order valence-corrected chi connectivity index (χ0v) is 11.8. The highest BCUT2D eigenvalue weighted by molar-refractivity contribution is 5.99. The maximum Gasteiger partial charge on any atom is 0.244 e. The topological polar surface area (TPSA) is 58.8 Å². The number of nitrogens with two attached hydrogens (primary N) is 1. The fourth-order valence-electron chi connectivity index (χ4n) is 3.12. The van der Waals surface area contributed by atoms with Gasteiger partial charge in [-0.3, -0.25) is 9.69 Å². The number of nitrogens with zero attached hydrogens (tertiary/aromatic N) is 2. The first-order valence-corrected chi connectivity index (χ1v) is 6.96. The molecule has 1 amide bonds. The molecule has 1 fully saturated rings. The molecule has 5 heteroatoms. The van der Waals surface area contributed by atoms with Crippen molar-refractivity contribution in [1.29, 1.82) is 0 Å². The molecule has 0 bridgehead atoms. The third kappa shape index (κ3) is 2.02. The molecule has 2 aliphatic rings. The Morgan fingerprint density at radius 2 is 2.35 bits per heavy atom. The molecule has 1 atom stereocenters. The van der Waals surface area contributed by atoms with E-state index < -0.39 is 0 Å². The standard InChI is InChI=1S/C15H21N3O2/c1-17-6-3-4-12(17)15(19)18-7-5-10-8-14(20-2)11(16)9-13(10)18/h8-9,12H,3-7,16H2,1-2H3/t12-/m0/s1/i1D. The highest BCUT2D eigenvalue weighted by atomic mass is 16.5. The zero-order chi connectivity index (χ0) is 15.0. The molecule has 1 aromatic rings. The van der Waals surface area contributed by atoms with Crippen molar-refractivity contribution in [2.45, 2.75) is 25.3 Å². The lowest BCUT2D eigenvalue weighted by molar-refractivity contribution is -0.122. The summed E-state index contributed by atoms with van der Waals surface area (Å²) >= 11 is 0. The van der Waals surface area contributed by atoms with Crippen LogP contribution in [0.3, 0.4) is 0 Å². The number of likely N-dealkylation sites (N-methyl/N-ethyl adjacent to an activating group) is 1. The van der Waals surface area contributed by atoms with E-state index in [2.05, 4.69) is 0 Å². The summed E-state index contributed by atoms with van der Waals surface area (Å²) < 4.78 is 12.8. The van der Waals surface area contributed by atoms with E-state index in [1.54, 1.807) is 7.11 Å². The number of anilines is 2. The predicted molar refractivity (Wildman–Crippen MR) is 79.1 cm³/mol. The van der Waals surface area contributed by atoms with Gasteiger partial charge in [-0.1, -0.05) is 0 Å². The Morgan fingerprint density at radius 3 is 3.10 bits per heavy atom. The SMILES string of the molecule is [2H]CN1CCC[C@H]1C(=O)N1CCc2cc(OC)c(N)cc21. The Balaban J connectivity index is 1.87. The van der Waals surface area contributed by atoms with Gasteiger partial charge in [0.25, 0.3) is 0 Å². The lowest BCUT2D eigenvalue weighted by atomic mass is 10.1. The van der Waals surface area contributed by atoms with E-state index in [0.717, 1.165) is 37.1 Å². The number of rotatable bonds is 2. The molecule has 0 unspecified atom stereocenters. The molecule has 1 aromatic carbocycles. The van der Waals surface area contributed by atoms with E-state index in [0.29, 0.717) is 18.0 Å². The summed E-state index contributed by atoms with van der Waals surface area (Å²) in [5.41, 5.74) is 8.53. The van der Waals surface area contributed by atoms with Gasteiger partial charge in [0.2, 0.25) is 5.91 Å². The number of fused-ring (bicyclic) bond motifs is 1. The van der Waals surface area contributed by atoms with Gasteiger partial charge in [-0.25, -0.2) is 0 Å². The van der Waals surface area contributed by atoms with E-state index in [1.807, 2.05) is 21.9 Å². The number of methoxy groups -OCH3 is 1. The number of carbonyl (C=O) groups is 1. The molecule has 1 saturated heterocycles. The summed E-state index contributed by atoms with van der Waals surface area (Å²) in [4.78, 5) is 16.5. The van der Waals surface area contributed by atoms with Gasteiger partial charge in [0.05, 0.1) is 18.8 Å². The molecule has 0 aliphatic carbocycles. The number of hydrogen-bond donors (Lipinski definition) is 1. The Kier molecular flexibility index (Phi) is 2.99. The largest absolute Gasteiger partial charge is 0.495 e. The molecule has 2 heterocycles. The molecule has 0 aromatic heterocycles. The van der Waals surface area contributed by atoms with Crippen molar-refractivity contribution >= 4 is 17.3 Å². The van der Waals surface area contributed by atoms with Crippen molar-refractivity contribution in [2.24, 2.45) is 0 Å². The molecular formula is C15H21N3O2. The number of benzene rings is 1. The minimum atomic E-state index is -0.156. The second-order valence-electron chi connectivity index (χ2n) is 5.43. The van der Waals surface area contributed by atoms with Gasteiger partial charge in [-0.2, -0.15) is 0 Å². The first-order valence-electron chi connectivity index (χ1n) is 7.67. The molecule has 0 radical (unpaired) electrons. The van der Waals surface area contributed by atoms with E-state index in [9.17, 15) is 4.79 Å². The van der Waals surface area contributed by atoms with E-state index in [4.69, 9.17) is 11.8 Å². The van der Waals surface area contributed by atoms with Gasteiger partial charge in [-0.15, -0.1) is 0 Å². The van der Waals surface area contributed by atoms with Crippen molar-refractivity contribution in [3.63, 3.8) is 0 Å². The molecule has 0 spiro atoms. The molecule has 2 N–H and O–H groups in total. The van der Waals surface area contributed by atoms with Gasteiger partial charge in [0.15, 0.2) is 0 Å². The summed E-state index contributed by atoms with van der Waals surface area (Å²) in [6.07, 6.45) is 2.65. The molecular weight excluding hydrogens is 254 g/mol. The third-order valence-corrected chi connectivity index (χ3v) is 4.24. The van der Waals surface area contributed by atoms with E-state index >= 15 is 0 Å². The first kappa shape index (κ1) is 12.0. The molecule has 20 heavy (non-hydrogen) atoms. The first-order chi connectivity index (χ1) is 10.2. The van der Waals surface area contributed by atoms with Crippen LogP contribution in [0.25, 0.3) is 0 Å². The fraction of sp³-hybridized carbons (Fsp3) is 0.533. The monoisotopic (exact) mass is 276 g/mol. The minimum Gasteiger partial charge on any atom is -0.495 e. The maximum atomic E-state index is 12.8. The highest BCUT2D eigenvalue weighted by Crippen LogP contribution is 2.36. The van der Waals surface area contributed by atoms with Gasteiger partial charge in [-0.05, 0) is 50.5 Å². The lowest BCUT2D eigenvalue weighted by Gasteiger charge is -2.25. The number of hydrogen-bond acceptors (Lipinski definition) is 4. The Bertz CT molecular complexity index is 564. The molecule has 3 rings (SSSR count). The van der Waals surface area contributed by atoms with Crippen molar-refractivity contribution < 1.29 is 10.9 Å². The Morgan fingerprint density at radius 1 is 1.50 bits per heavy atom. The van der Waals surface area contributed by atoms with Gasteiger partial charge >= 0.3 is 0 Å². The van der Waals surface area contributed by atoms with E-state index in [-0.39, 0.29) is 19.0 Å². The van der Waals surface area contributed by atoms with Crippen LogP contribution in [0.5, 0.6) is 5.75 Å². The number of nitrogen functional groups attached to an aromatic ring is 1. The van der Waals surface area contributed by atoms with Crippen LogP contribution in [0.2, 0.25) is 0 Å². The van der Waals surface area contributed by atoms with E-state index in [1.165, 1.54) is 0 Å². The molecule has 108 valence electrons. The summed E-state index contributed by atoms with van der Waals surface area (Å²) in [7, 11) is 1.78. The number of carbonyl (C=O) groups excluding carboxylic acids is 1. The maximum absolute atomic E-state index is 12.8. The van der Waals surface area contributed by atoms with Crippen LogP contribution in [0.4, 0.5) is 11.4 Å². The third-order valence-electron chi connectivity index (χ3n) is 4.24. The van der Waals surface area contributed by atoms with Gasteiger partial charge < -0.3 is 15.4 Å². The minimum absolute atomic E-state index is 0.100. The van der Waals surface area contributed by atoms with Crippen LogP contribution in [-0.2, 0) is 11.2 Å². The normalized spacial score (nSPS) is 22.8.